The highest BCUT2D eigenvalue weighted by atomic mass is 16.6. The Morgan fingerprint density at radius 3 is 2.75 bits per heavy atom. The van der Waals surface area contributed by atoms with E-state index in [0.717, 1.165) is 0 Å². The van der Waals surface area contributed by atoms with Gasteiger partial charge in [0.2, 0.25) is 11.6 Å². The Balaban J connectivity index is 1.85. The summed E-state index contributed by atoms with van der Waals surface area (Å²) < 4.78 is 10.5. The molecule has 0 saturated carbocycles. The molecule has 9 heteroatoms. The summed E-state index contributed by atoms with van der Waals surface area (Å²) in [5.41, 5.74) is 4.39. The molecule has 1 amide bonds. The number of methoxy groups -OCH3 is 1. The molecular formula is C15H17N3O6. The number of rotatable bonds is 3. The van der Waals surface area contributed by atoms with Crippen molar-refractivity contribution in [3.05, 3.63) is 22.6 Å². The summed E-state index contributed by atoms with van der Waals surface area (Å²) >= 11 is 0. The van der Waals surface area contributed by atoms with Crippen LogP contribution < -0.4 is 11.1 Å². The first kappa shape index (κ1) is 15.3. The summed E-state index contributed by atoms with van der Waals surface area (Å²) in [5.74, 6) is -2.13. The number of aliphatic hydroxyl groups excluding tert-OH is 1. The number of Topliss-reactive ketones (excluding diaryl/α,β-unsaturated/α-hetero) is 2. The summed E-state index contributed by atoms with van der Waals surface area (Å²) in [5, 5.41) is 13.2. The number of aliphatic hydroxyl groups is 1. The number of amides is 1. The topological polar surface area (TPSA) is 141 Å². The van der Waals surface area contributed by atoms with Crippen LogP contribution in [0.2, 0.25) is 0 Å². The van der Waals surface area contributed by atoms with Gasteiger partial charge in [0.25, 0.3) is 0 Å². The molecule has 4 rings (SSSR count). The lowest BCUT2D eigenvalue weighted by molar-refractivity contribution is -0.137. The number of nitrogens with zero attached hydrogens (tertiary/aromatic N) is 1. The lowest BCUT2D eigenvalue weighted by Gasteiger charge is -2.39. The quantitative estimate of drug-likeness (QED) is 0.413. The molecule has 4 N–H and O–H groups in total. The second-order valence-electron chi connectivity index (χ2n) is 6.35. The van der Waals surface area contributed by atoms with Gasteiger partial charge in [0.1, 0.15) is 0 Å². The van der Waals surface area contributed by atoms with E-state index < -0.39 is 29.3 Å². The number of primary amides is 1. The Kier molecular flexibility index (Phi) is 2.97. The minimum absolute atomic E-state index is 0.0228. The second kappa shape index (κ2) is 4.65. The van der Waals surface area contributed by atoms with E-state index in [2.05, 4.69) is 5.32 Å². The molecular weight excluding hydrogens is 318 g/mol. The Bertz CT molecular complexity index is 756. The number of carbonyl (C=O) groups is 3. The number of hydrogen-bond donors (Lipinski definition) is 3. The van der Waals surface area contributed by atoms with Crippen LogP contribution in [-0.4, -0.2) is 65.7 Å². The molecule has 0 radical (unpaired) electrons. The summed E-state index contributed by atoms with van der Waals surface area (Å²) in [6.45, 7) is 1.54. The fourth-order valence-electron chi connectivity index (χ4n) is 4.35. The first-order chi connectivity index (χ1) is 11.4. The zero-order valence-corrected chi connectivity index (χ0v) is 13.2. The number of nitrogens with two attached hydrogens (primary N) is 1. The summed E-state index contributed by atoms with van der Waals surface area (Å²) in [6.07, 6.45) is -1.17. The van der Waals surface area contributed by atoms with Gasteiger partial charge < -0.3 is 30.5 Å². The lowest BCUT2D eigenvalue weighted by atomic mass is 9.83. The molecule has 2 saturated heterocycles. The zero-order chi connectivity index (χ0) is 17.4. The van der Waals surface area contributed by atoms with Gasteiger partial charge in [-0.05, 0) is 6.92 Å². The van der Waals surface area contributed by atoms with Crippen molar-refractivity contribution in [1.82, 2.24) is 10.2 Å². The summed E-state index contributed by atoms with van der Waals surface area (Å²) in [7, 11) is 1.49. The van der Waals surface area contributed by atoms with Crippen molar-refractivity contribution < 1.29 is 29.0 Å². The van der Waals surface area contributed by atoms with Crippen LogP contribution in [-0.2, 0) is 19.1 Å². The van der Waals surface area contributed by atoms with E-state index in [0.29, 0.717) is 6.54 Å². The highest BCUT2D eigenvalue weighted by Gasteiger charge is 2.72. The number of allylic oxidation sites excluding steroid dienone is 2. The zero-order valence-electron chi connectivity index (χ0n) is 13.2. The van der Waals surface area contributed by atoms with Crippen LogP contribution in [0.5, 0.6) is 0 Å². The standard InChI is InChI=1S/C15H17N3O6/c1-5-10(20)9-8(11(21)12(5)24-14(16)22)6(4-19)15(23-2)13-7(17-13)3-18(9)15/h6-7,13,17,19H,3-4H2,1-2H3,(H2,16,22). The molecule has 0 aromatic carbocycles. The van der Waals surface area contributed by atoms with E-state index in [1.165, 1.54) is 14.0 Å². The van der Waals surface area contributed by atoms with Crippen molar-refractivity contribution >= 4 is 17.7 Å². The number of nitrogens with one attached hydrogen (secondary N) is 1. The molecule has 0 aromatic heterocycles. The molecule has 0 bridgehead atoms. The van der Waals surface area contributed by atoms with E-state index in [1.807, 2.05) is 0 Å². The monoisotopic (exact) mass is 335 g/mol. The number of hydrogen-bond acceptors (Lipinski definition) is 8. The van der Waals surface area contributed by atoms with Crippen LogP contribution in [0.1, 0.15) is 6.92 Å². The maximum absolute atomic E-state index is 12.9. The van der Waals surface area contributed by atoms with E-state index >= 15 is 0 Å². The van der Waals surface area contributed by atoms with E-state index in [9.17, 15) is 19.5 Å². The fourth-order valence-corrected chi connectivity index (χ4v) is 4.35. The van der Waals surface area contributed by atoms with E-state index in [4.69, 9.17) is 15.2 Å². The maximum Gasteiger partial charge on any atom is 0.410 e. The molecule has 2 fully saturated rings. The van der Waals surface area contributed by atoms with Crippen LogP contribution in [0.4, 0.5) is 4.79 Å². The van der Waals surface area contributed by atoms with Gasteiger partial charge in [0.05, 0.1) is 24.3 Å². The van der Waals surface area contributed by atoms with Crippen LogP contribution in [0.15, 0.2) is 22.6 Å². The van der Waals surface area contributed by atoms with Gasteiger partial charge in [-0.25, -0.2) is 4.79 Å². The minimum atomic E-state index is -1.17. The van der Waals surface area contributed by atoms with Crippen LogP contribution >= 0.6 is 0 Å². The predicted octanol–water partition coefficient (Wildman–Crippen LogP) is -1.62. The summed E-state index contributed by atoms with van der Waals surface area (Å²) in [4.78, 5) is 38.5. The predicted molar refractivity (Wildman–Crippen MR) is 78.1 cm³/mol. The van der Waals surface area contributed by atoms with Crippen molar-refractivity contribution in [2.24, 2.45) is 11.7 Å². The maximum atomic E-state index is 12.9. The van der Waals surface area contributed by atoms with Gasteiger partial charge in [0, 0.05) is 30.8 Å². The van der Waals surface area contributed by atoms with Crippen molar-refractivity contribution in [2.75, 3.05) is 20.3 Å². The molecule has 4 atom stereocenters. The molecule has 3 heterocycles. The van der Waals surface area contributed by atoms with E-state index in [1.54, 1.807) is 4.90 Å². The smallest absolute Gasteiger partial charge is 0.406 e. The normalized spacial score (nSPS) is 36.8. The molecule has 1 aliphatic carbocycles. The van der Waals surface area contributed by atoms with Crippen molar-refractivity contribution in [1.29, 1.82) is 0 Å². The Morgan fingerprint density at radius 2 is 2.17 bits per heavy atom. The highest BCUT2D eigenvalue weighted by Crippen LogP contribution is 2.55. The van der Waals surface area contributed by atoms with Crippen LogP contribution in [0.3, 0.4) is 0 Å². The van der Waals surface area contributed by atoms with Gasteiger partial charge in [-0.1, -0.05) is 0 Å². The number of ketones is 2. The number of fused-ring (bicyclic) bond motifs is 4. The molecule has 3 aliphatic heterocycles. The third kappa shape index (κ3) is 1.56. The lowest BCUT2D eigenvalue weighted by Crippen LogP contribution is -2.54. The second-order valence-corrected chi connectivity index (χ2v) is 6.35. The third-order valence-electron chi connectivity index (χ3n) is 5.37. The largest absolute Gasteiger partial charge is 0.410 e. The average molecular weight is 335 g/mol. The first-order valence-electron chi connectivity index (χ1n) is 7.59. The molecule has 0 aromatic rings. The van der Waals surface area contributed by atoms with Crippen LogP contribution in [0, 0.1) is 5.92 Å². The van der Waals surface area contributed by atoms with Gasteiger partial charge in [-0.2, -0.15) is 0 Å². The molecule has 4 aliphatic rings. The fraction of sp³-hybridized carbons (Fsp3) is 0.533. The molecule has 0 spiro atoms. The summed E-state index contributed by atoms with van der Waals surface area (Å²) in [6, 6.07) is 0.0789. The highest BCUT2D eigenvalue weighted by molar-refractivity contribution is 6.25. The molecule has 4 unspecified atom stereocenters. The molecule has 24 heavy (non-hydrogen) atoms. The number of carbonyl (C=O) groups excluding carboxylic acids is 3. The van der Waals surface area contributed by atoms with Crippen molar-refractivity contribution in [3.63, 3.8) is 0 Å². The van der Waals surface area contributed by atoms with Crippen molar-refractivity contribution in [3.8, 4) is 0 Å². The number of ether oxygens (including phenoxy) is 2. The van der Waals surface area contributed by atoms with Gasteiger partial charge in [0.15, 0.2) is 11.5 Å². The third-order valence-corrected chi connectivity index (χ3v) is 5.37. The van der Waals surface area contributed by atoms with E-state index in [-0.39, 0.29) is 41.3 Å². The Hall–Kier alpha value is -2.23. The minimum Gasteiger partial charge on any atom is -0.406 e. The van der Waals surface area contributed by atoms with Gasteiger partial charge in [-0.15, -0.1) is 0 Å². The SMILES string of the molecule is COC12C(CO)C3=C(C(=O)C(C)=C(OC(N)=O)C3=O)N1CC1NC12. The first-order valence-corrected chi connectivity index (χ1v) is 7.59. The van der Waals surface area contributed by atoms with Crippen molar-refractivity contribution in [2.45, 2.75) is 24.7 Å². The number of piperazine rings is 1. The Labute approximate surface area is 137 Å². The van der Waals surface area contributed by atoms with Gasteiger partial charge >= 0.3 is 6.09 Å². The van der Waals surface area contributed by atoms with Crippen LogP contribution in [0.25, 0.3) is 0 Å². The molecule has 9 nitrogen and oxygen atoms in total. The average Bonchev–Trinajstić information content (AvgIpc) is 3.15. The van der Waals surface area contributed by atoms with Gasteiger partial charge in [-0.3, -0.25) is 9.59 Å². The molecule has 128 valence electrons. The Morgan fingerprint density at radius 1 is 1.46 bits per heavy atom.